The maximum absolute atomic E-state index is 9.00. The van der Waals surface area contributed by atoms with Crippen molar-refractivity contribution in [2.24, 2.45) is 0 Å². The van der Waals surface area contributed by atoms with Crippen molar-refractivity contribution in [3.05, 3.63) is 24.4 Å². The van der Waals surface area contributed by atoms with Crippen LogP contribution in [-0.2, 0) is 4.79 Å². The molecule has 4 heteroatoms. The molecule has 0 radical (unpaired) electrons. The molecule has 3 nitrogen and oxygen atoms in total. The van der Waals surface area contributed by atoms with Crippen LogP contribution in [0.1, 0.15) is 6.92 Å². The minimum absolute atomic E-state index is 0.744. The van der Waals surface area contributed by atoms with Gasteiger partial charge in [0.05, 0.1) is 0 Å². The number of aromatic nitrogens is 1. The van der Waals surface area contributed by atoms with Crippen molar-refractivity contribution in [3.8, 4) is 0 Å². The molecule has 0 aliphatic rings. The molecule has 1 aromatic rings. The number of aliphatic carboxylic acids is 1. The van der Waals surface area contributed by atoms with Gasteiger partial charge in [-0.25, -0.2) is 0 Å². The summed E-state index contributed by atoms with van der Waals surface area (Å²) in [4.78, 5) is 13.1. The molecule has 0 bridgehead atoms. The van der Waals surface area contributed by atoms with E-state index in [1.807, 2.05) is 18.3 Å². The molecule has 54 valence electrons. The third kappa shape index (κ3) is 10.3. The summed E-state index contributed by atoms with van der Waals surface area (Å²) in [5.74, 6) is -0.833. The fraction of sp³-hybridized carbons (Fsp3) is 0.143. The van der Waals surface area contributed by atoms with E-state index in [9.17, 15) is 0 Å². The Balaban J connectivity index is 0.000000218. The van der Waals surface area contributed by atoms with E-state index in [1.165, 1.54) is -0.212 Å². The maximum atomic E-state index is 9.00. The molecule has 0 aliphatic heterocycles. The van der Waals surface area contributed by atoms with Gasteiger partial charge in [0.2, 0.25) is 0 Å². The van der Waals surface area contributed by atoms with Crippen LogP contribution < -0.4 is -0.212 Å². The summed E-state index contributed by atoms with van der Waals surface area (Å²) < 4.78 is 1.26. The van der Waals surface area contributed by atoms with Crippen LogP contribution in [-0.4, -0.2) is 65.0 Å². The zero-order chi connectivity index (χ0) is 8.69. The second kappa shape index (κ2) is 6.94. The third-order valence-corrected chi connectivity index (χ3v) is 1.74. The molecule has 1 heterocycles. The zero-order valence-corrected chi connectivity index (χ0v) is 9.74. The summed E-state index contributed by atoms with van der Waals surface area (Å²) in [6.45, 7) is 1.08. The number of hydrogen-bond acceptors (Lipinski definition) is 2. The number of rotatable bonds is 0. The average Bonchev–Trinajstić information content (AvgIpc) is 1.87. The van der Waals surface area contributed by atoms with Crippen LogP contribution in [0.4, 0.5) is 0 Å². The Bertz CT molecular complexity index is 209. The van der Waals surface area contributed by atoms with Gasteiger partial charge in [-0.15, -0.1) is 0 Å². The van der Waals surface area contributed by atoms with Gasteiger partial charge in [0.1, 0.15) is 0 Å². The predicted octanol–water partition coefficient (Wildman–Crippen LogP) is -0.0337. The van der Waals surface area contributed by atoms with Crippen molar-refractivity contribution in [2.45, 2.75) is 6.92 Å². The molecule has 1 rings (SSSR count). The summed E-state index contributed by atoms with van der Waals surface area (Å²) in [5.41, 5.74) is 0. The van der Waals surface area contributed by atoms with Gasteiger partial charge in [-0.1, -0.05) is 0 Å². The van der Waals surface area contributed by atoms with Gasteiger partial charge >= 0.3 is 78.1 Å². The third-order valence-electron chi connectivity index (χ3n) is 0.813. The number of carbonyl (C=O) groups is 1. The summed E-state index contributed by atoms with van der Waals surface area (Å²) in [6.07, 6.45) is 1.83. The Morgan fingerprint density at radius 2 is 2.18 bits per heavy atom. The first-order chi connectivity index (χ1) is 5.13. The van der Waals surface area contributed by atoms with Crippen molar-refractivity contribution < 1.29 is 9.90 Å². The second-order valence-electron chi connectivity index (χ2n) is 1.99. The van der Waals surface area contributed by atoms with E-state index in [4.69, 9.17) is 9.90 Å². The molecule has 11 heavy (non-hydrogen) atoms. The standard InChI is InChI=1S/C5H4N.C2H4O2.K/c1-2-4-6-5-3-1;1-2(3)4;/h1-4H;1H3,(H,3,4);. The molecule has 0 unspecified atom stereocenters. The molecule has 1 aromatic heterocycles. The molecular weight excluding hydrogens is 169 g/mol. The van der Waals surface area contributed by atoms with Gasteiger partial charge in [-0.2, -0.15) is 0 Å². The van der Waals surface area contributed by atoms with Gasteiger partial charge in [-0.3, -0.25) is 4.79 Å². The monoisotopic (exact) mass is 177 g/mol. The number of nitrogens with zero attached hydrogens (tertiary/aromatic N) is 1. The number of pyridine rings is 1. The second-order valence-corrected chi connectivity index (χ2v) is 3.59. The van der Waals surface area contributed by atoms with E-state index in [-0.39, 0.29) is 0 Å². The molecule has 0 amide bonds. The molecular formula is C7H8KNO2. The van der Waals surface area contributed by atoms with Crippen LogP contribution in [0.15, 0.2) is 24.4 Å². The van der Waals surface area contributed by atoms with Crippen molar-refractivity contribution in [2.75, 3.05) is 0 Å². The average molecular weight is 177 g/mol. The van der Waals surface area contributed by atoms with Crippen molar-refractivity contribution >= 4 is 54.7 Å². The van der Waals surface area contributed by atoms with Gasteiger partial charge in [0, 0.05) is 6.92 Å². The number of hydrogen-bond donors (Lipinski definition) is 1. The Labute approximate surface area is 99.4 Å². The molecule has 0 spiro atoms. The number of carboxylic acid groups (broad SMARTS) is 1. The summed E-state index contributed by atoms with van der Waals surface area (Å²) in [5, 5.41) is 7.42. The topological polar surface area (TPSA) is 50.2 Å². The Morgan fingerprint density at radius 3 is 2.36 bits per heavy atom. The van der Waals surface area contributed by atoms with Gasteiger partial charge in [-0.05, 0) is 0 Å². The number of carboxylic acids is 1. The summed E-state index contributed by atoms with van der Waals surface area (Å²) >= 11 is 0.744. The first kappa shape index (κ1) is 11.3. The quantitative estimate of drug-likeness (QED) is 0.566. The van der Waals surface area contributed by atoms with Crippen molar-refractivity contribution in [1.82, 2.24) is 4.98 Å². The van der Waals surface area contributed by atoms with Crippen LogP contribution in [0.3, 0.4) is 0 Å². The molecule has 0 saturated carbocycles. The molecule has 0 aromatic carbocycles. The van der Waals surface area contributed by atoms with Crippen molar-refractivity contribution in [3.63, 3.8) is 0 Å². The van der Waals surface area contributed by atoms with E-state index in [0.717, 1.165) is 55.9 Å². The fourth-order valence-corrected chi connectivity index (χ4v) is 0.981. The van der Waals surface area contributed by atoms with Gasteiger partial charge in [0.25, 0.3) is 5.97 Å². The first-order valence-corrected chi connectivity index (χ1v) is 4.76. The minimum atomic E-state index is -0.833. The van der Waals surface area contributed by atoms with E-state index >= 15 is 0 Å². The Kier molecular flexibility index (Phi) is 7.10. The van der Waals surface area contributed by atoms with E-state index in [0.29, 0.717) is 0 Å². The molecule has 0 aliphatic carbocycles. The van der Waals surface area contributed by atoms with Crippen LogP contribution in [0.5, 0.6) is 0 Å². The van der Waals surface area contributed by atoms with Gasteiger partial charge < -0.3 is 5.11 Å². The fourth-order valence-electron chi connectivity index (χ4n) is 0.448. The van der Waals surface area contributed by atoms with Crippen LogP contribution in [0.25, 0.3) is 0 Å². The Morgan fingerprint density at radius 1 is 1.64 bits per heavy atom. The zero-order valence-electron chi connectivity index (χ0n) is 6.61. The summed E-state index contributed by atoms with van der Waals surface area (Å²) in [6, 6.07) is 6.02. The van der Waals surface area contributed by atoms with Crippen LogP contribution >= 0.6 is 0 Å². The molecule has 0 saturated heterocycles. The molecule has 1 N–H and O–H groups in total. The SMILES string of the molecule is CC(=O)O.[K][c]1ccccn1. The van der Waals surface area contributed by atoms with Gasteiger partial charge in [0.15, 0.2) is 0 Å². The van der Waals surface area contributed by atoms with Crippen LogP contribution in [0.2, 0.25) is 0 Å². The molecule has 0 atom stereocenters. The predicted molar refractivity (Wildman–Crippen MR) is 42.9 cm³/mol. The van der Waals surface area contributed by atoms with E-state index in [1.54, 1.807) is 0 Å². The van der Waals surface area contributed by atoms with E-state index in [2.05, 4.69) is 11.1 Å². The molecule has 0 fully saturated rings. The Hall–Kier alpha value is 0.256. The first-order valence-electron chi connectivity index (χ1n) is 3.20. The van der Waals surface area contributed by atoms with Crippen LogP contribution in [0, 0.1) is 0 Å². The van der Waals surface area contributed by atoms with E-state index < -0.39 is 5.97 Å². The summed E-state index contributed by atoms with van der Waals surface area (Å²) in [7, 11) is 0. The normalized spacial score (nSPS) is 7.91. The van der Waals surface area contributed by atoms with Crippen molar-refractivity contribution in [1.29, 1.82) is 0 Å².